The van der Waals surface area contributed by atoms with Crippen LogP contribution in [0.5, 0.6) is 0 Å². The normalized spacial score (nSPS) is 18.8. The molecule has 4 rings (SSSR count). The maximum atomic E-state index is 13.8. The number of hydrogen-bond acceptors (Lipinski definition) is 4. The number of amides is 2. The van der Waals surface area contributed by atoms with Crippen molar-refractivity contribution in [1.82, 2.24) is 15.1 Å². The molecular weight excluding hydrogens is 408 g/mol. The van der Waals surface area contributed by atoms with E-state index >= 15 is 0 Å². The molecule has 1 aliphatic rings. The Morgan fingerprint density at radius 1 is 1.19 bits per heavy atom. The van der Waals surface area contributed by atoms with Crippen molar-refractivity contribution in [2.45, 2.75) is 59.2 Å². The monoisotopic (exact) mass is 436 g/mol. The first-order chi connectivity index (χ1) is 14.5. The lowest BCUT2D eigenvalue weighted by Gasteiger charge is -2.45. The molecule has 2 amide bonds. The van der Waals surface area contributed by atoms with Gasteiger partial charge in [-0.1, -0.05) is 18.2 Å². The minimum atomic E-state index is -1.13. The van der Waals surface area contributed by atoms with Gasteiger partial charge in [-0.25, -0.2) is 0 Å². The van der Waals surface area contributed by atoms with E-state index in [9.17, 15) is 9.59 Å². The molecule has 31 heavy (non-hydrogen) atoms. The molecule has 1 aromatic carbocycles. The maximum Gasteiger partial charge on any atom is 0.277 e. The third-order valence-electron chi connectivity index (χ3n) is 5.72. The number of carbonyl (C=O) groups is 2. The van der Waals surface area contributed by atoms with Crippen LogP contribution in [0.3, 0.4) is 0 Å². The first-order valence-electron chi connectivity index (χ1n) is 10.4. The van der Waals surface area contributed by atoms with Crippen molar-refractivity contribution in [2.24, 2.45) is 0 Å². The zero-order chi connectivity index (χ0) is 22.6. The van der Waals surface area contributed by atoms with Gasteiger partial charge < -0.3 is 5.32 Å². The van der Waals surface area contributed by atoms with Crippen LogP contribution in [0.15, 0.2) is 41.8 Å². The molecular formula is C24H28N4O2S. The van der Waals surface area contributed by atoms with Crippen LogP contribution in [-0.4, -0.2) is 32.7 Å². The summed E-state index contributed by atoms with van der Waals surface area (Å²) < 4.78 is 1.68. The topological polar surface area (TPSA) is 67.2 Å². The lowest BCUT2D eigenvalue weighted by atomic mass is 9.91. The van der Waals surface area contributed by atoms with Gasteiger partial charge in [0.2, 0.25) is 5.91 Å². The largest absolute Gasteiger partial charge is 0.349 e. The molecule has 0 saturated carbocycles. The van der Waals surface area contributed by atoms with Crippen molar-refractivity contribution in [2.75, 3.05) is 4.90 Å². The standard InChI is InChI=1S/C24H28N4O2S/c1-15-9-7-10-18(16(15)2)28-21(29)19-13-17(20-11-8-12-31-20)26-27(19)14-24(28,6)22(30)25-23(3,4)5/h7-13H,14H2,1-6H3,(H,25,30)/t24-/m0/s1. The summed E-state index contributed by atoms with van der Waals surface area (Å²) in [6.07, 6.45) is 0. The van der Waals surface area contributed by atoms with Crippen molar-refractivity contribution < 1.29 is 9.59 Å². The lowest BCUT2D eigenvalue weighted by molar-refractivity contribution is -0.128. The van der Waals surface area contributed by atoms with Crippen molar-refractivity contribution in [3.8, 4) is 10.6 Å². The van der Waals surface area contributed by atoms with Crippen LogP contribution in [0.25, 0.3) is 10.6 Å². The fourth-order valence-electron chi connectivity index (χ4n) is 3.96. The molecule has 2 aromatic heterocycles. The van der Waals surface area contributed by atoms with E-state index in [0.29, 0.717) is 5.69 Å². The van der Waals surface area contributed by atoms with Gasteiger partial charge in [-0.2, -0.15) is 5.10 Å². The number of benzene rings is 1. The van der Waals surface area contributed by atoms with Crippen LogP contribution in [0.1, 0.15) is 49.3 Å². The molecule has 0 spiro atoms. The highest BCUT2D eigenvalue weighted by molar-refractivity contribution is 7.13. The highest BCUT2D eigenvalue weighted by Gasteiger charge is 2.50. The van der Waals surface area contributed by atoms with Gasteiger partial charge in [-0.05, 0) is 76.2 Å². The summed E-state index contributed by atoms with van der Waals surface area (Å²) >= 11 is 1.58. The summed E-state index contributed by atoms with van der Waals surface area (Å²) in [5.74, 6) is -0.421. The Bertz CT molecular complexity index is 1160. The van der Waals surface area contributed by atoms with Crippen molar-refractivity contribution >= 4 is 28.8 Å². The van der Waals surface area contributed by atoms with E-state index in [1.165, 1.54) is 0 Å². The number of rotatable bonds is 3. The minimum Gasteiger partial charge on any atom is -0.349 e. The third-order valence-corrected chi connectivity index (χ3v) is 6.61. The van der Waals surface area contributed by atoms with Crippen LogP contribution in [0, 0.1) is 13.8 Å². The Morgan fingerprint density at radius 2 is 1.94 bits per heavy atom. The van der Waals surface area contributed by atoms with Gasteiger partial charge in [0, 0.05) is 11.2 Å². The molecule has 3 heterocycles. The first kappa shape index (κ1) is 21.3. The Balaban J connectivity index is 1.88. The van der Waals surface area contributed by atoms with Crippen molar-refractivity contribution in [3.05, 3.63) is 58.6 Å². The predicted octanol–water partition coefficient (Wildman–Crippen LogP) is 4.56. The fourth-order valence-corrected chi connectivity index (χ4v) is 4.64. The van der Waals surface area contributed by atoms with Crippen LogP contribution >= 0.6 is 11.3 Å². The Morgan fingerprint density at radius 3 is 2.58 bits per heavy atom. The molecule has 3 aromatic rings. The molecule has 0 unspecified atom stereocenters. The molecule has 1 N–H and O–H groups in total. The number of thiophene rings is 1. The number of hydrogen-bond donors (Lipinski definition) is 1. The van der Waals surface area contributed by atoms with Gasteiger partial charge in [-0.15, -0.1) is 11.3 Å². The lowest BCUT2D eigenvalue weighted by Crippen LogP contribution is -2.66. The molecule has 162 valence electrons. The average Bonchev–Trinajstić information content (AvgIpc) is 3.33. The molecule has 0 bridgehead atoms. The number of carbonyl (C=O) groups excluding carboxylic acids is 2. The van der Waals surface area contributed by atoms with E-state index in [0.717, 1.165) is 27.4 Å². The number of fused-ring (bicyclic) bond motifs is 1. The zero-order valence-corrected chi connectivity index (χ0v) is 19.6. The zero-order valence-electron chi connectivity index (χ0n) is 18.8. The Hall–Kier alpha value is -2.93. The van der Waals surface area contributed by atoms with Crippen LogP contribution in [0.2, 0.25) is 0 Å². The highest BCUT2D eigenvalue weighted by Crippen LogP contribution is 2.37. The number of nitrogens with zero attached hydrogens (tertiary/aromatic N) is 3. The van der Waals surface area contributed by atoms with E-state index < -0.39 is 11.1 Å². The predicted molar refractivity (Wildman–Crippen MR) is 125 cm³/mol. The Labute approximate surface area is 186 Å². The number of nitrogens with one attached hydrogen (secondary N) is 1. The van der Waals surface area contributed by atoms with Crippen molar-refractivity contribution in [1.29, 1.82) is 0 Å². The SMILES string of the molecule is Cc1cccc(N2C(=O)c3cc(-c4cccs4)nn3C[C@@]2(C)C(=O)NC(C)(C)C)c1C. The van der Waals surface area contributed by atoms with E-state index in [4.69, 9.17) is 0 Å². The number of aromatic nitrogens is 2. The van der Waals surface area contributed by atoms with E-state index in [-0.39, 0.29) is 18.4 Å². The second-order valence-electron chi connectivity index (χ2n) is 9.39. The van der Waals surface area contributed by atoms with Crippen LogP contribution in [-0.2, 0) is 11.3 Å². The molecule has 6 nitrogen and oxygen atoms in total. The molecule has 0 aliphatic carbocycles. The summed E-state index contributed by atoms with van der Waals surface area (Å²) in [6.45, 7) is 11.9. The number of aryl methyl sites for hydroxylation is 1. The van der Waals surface area contributed by atoms with Gasteiger partial charge in [0.15, 0.2) is 0 Å². The maximum absolute atomic E-state index is 13.8. The highest BCUT2D eigenvalue weighted by atomic mass is 32.1. The quantitative estimate of drug-likeness (QED) is 0.654. The smallest absolute Gasteiger partial charge is 0.277 e. The van der Waals surface area contributed by atoms with Crippen LogP contribution < -0.4 is 10.2 Å². The van der Waals surface area contributed by atoms with E-state index in [1.807, 2.05) is 83.3 Å². The minimum absolute atomic E-state index is 0.201. The Kier molecular flexibility index (Phi) is 5.04. The summed E-state index contributed by atoms with van der Waals surface area (Å²) in [7, 11) is 0. The number of anilines is 1. The second-order valence-corrected chi connectivity index (χ2v) is 10.3. The molecule has 7 heteroatoms. The van der Waals surface area contributed by atoms with Gasteiger partial charge in [0.25, 0.3) is 5.91 Å². The molecule has 1 aliphatic heterocycles. The van der Waals surface area contributed by atoms with Crippen molar-refractivity contribution in [3.63, 3.8) is 0 Å². The molecule has 1 atom stereocenters. The van der Waals surface area contributed by atoms with Gasteiger partial charge in [-0.3, -0.25) is 19.2 Å². The first-order valence-corrected chi connectivity index (χ1v) is 11.2. The summed E-state index contributed by atoms with van der Waals surface area (Å²) in [4.78, 5) is 30.1. The molecule has 0 radical (unpaired) electrons. The van der Waals surface area contributed by atoms with Gasteiger partial charge in [0.1, 0.15) is 16.9 Å². The van der Waals surface area contributed by atoms with E-state index in [2.05, 4.69) is 10.4 Å². The summed E-state index contributed by atoms with van der Waals surface area (Å²) in [6, 6.07) is 11.6. The second kappa shape index (κ2) is 7.34. The van der Waals surface area contributed by atoms with Crippen LogP contribution in [0.4, 0.5) is 5.69 Å². The molecule has 0 fully saturated rings. The summed E-state index contributed by atoms with van der Waals surface area (Å²) in [5.41, 5.74) is 2.49. The molecule has 0 saturated heterocycles. The third kappa shape index (κ3) is 3.67. The average molecular weight is 437 g/mol. The van der Waals surface area contributed by atoms with E-state index in [1.54, 1.807) is 20.9 Å². The van der Waals surface area contributed by atoms with Gasteiger partial charge >= 0.3 is 0 Å². The van der Waals surface area contributed by atoms with Gasteiger partial charge in [0.05, 0.1) is 11.4 Å². The fraction of sp³-hybridized carbons (Fsp3) is 0.375. The summed E-state index contributed by atoms with van der Waals surface area (Å²) in [5, 5.41) is 9.75.